The molecule has 5 heterocycles. The van der Waals surface area contributed by atoms with E-state index in [0.717, 1.165) is 5.56 Å². The van der Waals surface area contributed by atoms with Crippen LogP contribution >= 0.6 is 22.7 Å². The molecule has 31 heavy (non-hydrogen) atoms. The molecule has 2 N–H and O–H groups in total. The minimum absolute atomic E-state index is 0.0618. The summed E-state index contributed by atoms with van der Waals surface area (Å²) in [4.78, 5) is 32.9. The van der Waals surface area contributed by atoms with Crippen LogP contribution in [0.3, 0.4) is 0 Å². The van der Waals surface area contributed by atoms with Crippen molar-refractivity contribution >= 4 is 38.8 Å². The third-order valence-electron chi connectivity index (χ3n) is 4.85. The van der Waals surface area contributed by atoms with Gasteiger partial charge in [-0.2, -0.15) is 10.1 Å². The van der Waals surface area contributed by atoms with Crippen molar-refractivity contribution in [2.24, 2.45) is 0 Å². The molecule has 13 heteroatoms. The van der Waals surface area contributed by atoms with Gasteiger partial charge in [0.1, 0.15) is 21.9 Å². The average Bonchev–Trinajstić information content (AvgIpc) is 3.49. The highest BCUT2D eigenvalue weighted by atomic mass is 32.1. The number of amides is 1. The summed E-state index contributed by atoms with van der Waals surface area (Å²) < 4.78 is 1.39. The minimum atomic E-state index is -0.877. The van der Waals surface area contributed by atoms with Gasteiger partial charge in [-0.3, -0.25) is 14.2 Å². The number of hydrogen-bond acceptors (Lipinski definition) is 10. The van der Waals surface area contributed by atoms with Crippen molar-refractivity contribution in [3.05, 3.63) is 54.8 Å². The number of aromatic nitrogens is 6. The number of thiophene rings is 2. The van der Waals surface area contributed by atoms with Gasteiger partial charge in [0.15, 0.2) is 5.82 Å². The first-order valence-electron chi connectivity index (χ1n) is 9.27. The third-order valence-corrected chi connectivity index (χ3v) is 7.08. The molecule has 4 aromatic rings. The van der Waals surface area contributed by atoms with E-state index in [0.29, 0.717) is 43.6 Å². The van der Waals surface area contributed by atoms with E-state index in [1.807, 2.05) is 6.07 Å². The van der Waals surface area contributed by atoms with Crippen LogP contribution in [0.5, 0.6) is 0 Å². The Hall–Kier alpha value is -3.47. The second kappa shape index (κ2) is 7.65. The Morgan fingerprint density at radius 3 is 3.00 bits per heavy atom. The van der Waals surface area contributed by atoms with E-state index in [1.165, 1.54) is 38.4 Å². The summed E-state index contributed by atoms with van der Waals surface area (Å²) in [6.07, 6.45) is 1.12. The largest absolute Gasteiger partial charge is 0.386 e. The highest BCUT2D eigenvalue weighted by molar-refractivity contribution is 7.20. The Balaban J connectivity index is 1.38. The van der Waals surface area contributed by atoms with E-state index < -0.39 is 6.10 Å². The van der Waals surface area contributed by atoms with Gasteiger partial charge in [0.25, 0.3) is 11.5 Å². The van der Waals surface area contributed by atoms with Gasteiger partial charge in [-0.25, -0.2) is 4.98 Å². The van der Waals surface area contributed by atoms with Crippen molar-refractivity contribution in [3.8, 4) is 6.07 Å². The highest BCUT2D eigenvalue weighted by Crippen LogP contribution is 2.29. The van der Waals surface area contributed by atoms with Crippen LogP contribution < -0.4 is 10.9 Å². The van der Waals surface area contributed by atoms with Crippen LogP contribution in [-0.4, -0.2) is 47.3 Å². The topological polar surface area (TPSA) is 152 Å². The summed E-state index contributed by atoms with van der Waals surface area (Å²) >= 11 is 2.42. The maximum Gasteiger partial charge on any atom is 0.262 e. The zero-order valence-corrected chi connectivity index (χ0v) is 17.5. The Labute approximate surface area is 182 Å². The van der Waals surface area contributed by atoms with Crippen molar-refractivity contribution in [1.82, 2.24) is 35.1 Å². The molecule has 1 aliphatic rings. The number of hydrogen-bond donors (Lipinski definition) is 2. The second-order valence-electron chi connectivity index (χ2n) is 6.86. The number of nitriles is 1. The fraction of sp³-hybridized carbons (Fsp3) is 0.278. The first kappa shape index (κ1) is 19.5. The lowest BCUT2D eigenvalue weighted by molar-refractivity contribution is 0.0950. The van der Waals surface area contributed by atoms with E-state index in [-0.39, 0.29) is 24.6 Å². The summed E-state index contributed by atoms with van der Waals surface area (Å²) in [5.41, 5.74) is 0.485. The summed E-state index contributed by atoms with van der Waals surface area (Å²) in [6.45, 7) is 0.619. The number of rotatable bonds is 5. The molecule has 1 aliphatic heterocycles. The van der Waals surface area contributed by atoms with Crippen molar-refractivity contribution in [2.75, 3.05) is 6.54 Å². The molecule has 0 spiro atoms. The summed E-state index contributed by atoms with van der Waals surface area (Å²) in [6, 6.07) is 5.37. The fourth-order valence-corrected chi connectivity index (χ4v) is 5.28. The molecule has 156 valence electrons. The average molecular weight is 454 g/mol. The van der Waals surface area contributed by atoms with Crippen molar-refractivity contribution in [1.29, 1.82) is 5.26 Å². The maximum absolute atomic E-state index is 13.0. The Bertz CT molecular complexity index is 1410. The van der Waals surface area contributed by atoms with Gasteiger partial charge in [0.2, 0.25) is 0 Å². The molecule has 1 amide bonds. The van der Waals surface area contributed by atoms with E-state index in [2.05, 4.69) is 25.7 Å². The highest BCUT2D eigenvalue weighted by Gasteiger charge is 2.25. The number of aliphatic hydroxyl groups excluding tert-OH is 1. The number of aliphatic hydroxyl groups is 1. The molecule has 0 radical (unpaired) electrons. The van der Waals surface area contributed by atoms with Gasteiger partial charge in [-0.1, -0.05) is 0 Å². The van der Waals surface area contributed by atoms with Gasteiger partial charge < -0.3 is 10.4 Å². The molecule has 0 bridgehead atoms. The minimum Gasteiger partial charge on any atom is -0.386 e. The number of carbonyl (C=O) groups is 1. The zero-order valence-electron chi connectivity index (χ0n) is 15.8. The van der Waals surface area contributed by atoms with Crippen LogP contribution in [-0.2, 0) is 19.5 Å². The first-order valence-corrected chi connectivity index (χ1v) is 10.9. The number of fused-ring (bicyclic) bond motifs is 3. The number of nitrogens with zero attached hydrogens (tertiary/aromatic N) is 7. The van der Waals surface area contributed by atoms with Gasteiger partial charge in [-0.05, 0) is 29.3 Å². The molecule has 0 aromatic carbocycles. The second-order valence-corrected chi connectivity index (χ2v) is 8.98. The quantitative estimate of drug-likeness (QED) is 0.441. The van der Waals surface area contributed by atoms with Crippen LogP contribution in [0.15, 0.2) is 23.3 Å². The van der Waals surface area contributed by atoms with Crippen LogP contribution in [0.4, 0.5) is 0 Å². The van der Waals surface area contributed by atoms with Crippen LogP contribution in [0, 0.1) is 11.3 Å². The van der Waals surface area contributed by atoms with Crippen molar-refractivity contribution in [3.63, 3.8) is 0 Å². The molecule has 1 atom stereocenters. The smallest absolute Gasteiger partial charge is 0.262 e. The van der Waals surface area contributed by atoms with Crippen LogP contribution in [0.25, 0.3) is 10.2 Å². The predicted octanol–water partition coefficient (Wildman–Crippen LogP) is 0.445. The monoisotopic (exact) mass is 454 g/mol. The molecule has 0 saturated heterocycles. The lowest BCUT2D eigenvalue weighted by Gasteiger charge is -2.11. The summed E-state index contributed by atoms with van der Waals surface area (Å²) in [5.74, 6) is 0.118. The maximum atomic E-state index is 13.0. The predicted molar refractivity (Wildman–Crippen MR) is 111 cm³/mol. The lowest BCUT2D eigenvalue weighted by atomic mass is 10.1. The van der Waals surface area contributed by atoms with Gasteiger partial charge in [-0.15, -0.1) is 32.9 Å². The summed E-state index contributed by atoms with van der Waals surface area (Å²) in [7, 11) is 0. The number of tetrazole rings is 1. The Morgan fingerprint density at radius 1 is 1.32 bits per heavy atom. The molecule has 5 rings (SSSR count). The lowest BCUT2D eigenvalue weighted by Crippen LogP contribution is -2.31. The van der Waals surface area contributed by atoms with E-state index in [9.17, 15) is 14.7 Å². The van der Waals surface area contributed by atoms with Crippen molar-refractivity contribution in [2.45, 2.75) is 25.6 Å². The molecule has 0 aliphatic carbocycles. The van der Waals surface area contributed by atoms with Gasteiger partial charge in [0, 0.05) is 11.4 Å². The van der Waals surface area contributed by atoms with E-state index in [4.69, 9.17) is 5.26 Å². The van der Waals surface area contributed by atoms with E-state index >= 15 is 0 Å². The van der Waals surface area contributed by atoms with Gasteiger partial charge in [0.05, 0.1) is 29.7 Å². The molecule has 4 aromatic heterocycles. The first-order chi connectivity index (χ1) is 15.0. The van der Waals surface area contributed by atoms with E-state index in [1.54, 1.807) is 12.1 Å². The Morgan fingerprint density at radius 2 is 2.19 bits per heavy atom. The molecular formula is C18H14N8O3S2. The standard InChI is InChI=1S/C18H14N8O3S2/c19-5-9-1-2-12(30-9)11(27)6-26-23-13(22-24-26)7-25-8-21-17-14(18(25)29)10-3-4-20-16(28)15(10)31-17/h1-2,8,11,27H,3-4,6-7H2,(H,20,28)/t11-/m0/s1. The molecule has 0 unspecified atom stereocenters. The normalized spacial score (nSPS) is 14.3. The molecule has 0 fully saturated rings. The van der Waals surface area contributed by atoms with Crippen LogP contribution in [0.2, 0.25) is 0 Å². The third kappa shape index (κ3) is 3.50. The zero-order chi connectivity index (χ0) is 21.5. The van der Waals surface area contributed by atoms with Crippen molar-refractivity contribution < 1.29 is 9.90 Å². The molecule has 11 nitrogen and oxygen atoms in total. The Kier molecular flexibility index (Phi) is 4.81. The molecule has 0 saturated carbocycles. The summed E-state index contributed by atoms with van der Waals surface area (Å²) in [5, 5.41) is 34.6. The van der Waals surface area contributed by atoms with Gasteiger partial charge >= 0.3 is 0 Å². The molecular weight excluding hydrogens is 440 g/mol. The number of carbonyl (C=O) groups excluding carboxylic acids is 1. The SMILES string of the molecule is N#Cc1ccc([C@@H](O)Cn2nnc(Cn3cnc4sc5c(c4c3=O)CCNC5=O)n2)s1. The number of nitrogens with one attached hydrogen (secondary N) is 1. The fourth-order valence-electron chi connectivity index (χ4n) is 3.40. The van der Waals surface area contributed by atoms with Crippen LogP contribution in [0.1, 0.15) is 36.9 Å².